The summed E-state index contributed by atoms with van der Waals surface area (Å²) in [6.45, 7) is 0. The number of rotatable bonds is 4. The molecule has 1 amide bonds. The fraction of sp³-hybridized carbons (Fsp3) is 0.923. The van der Waals surface area contributed by atoms with Gasteiger partial charge in [0.15, 0.2) is 0 Å². The van der Waals surface area contributed by atoms with E-state index in [1.54, 1.807) is 0 Å². The zero-order valence-electron chi connectivity index (χ0n) is 10.4. The maximum absolute atomic E-state index is 11.8. The van der Waals surface area contributed by atoms with Crippen molar-refractivity contribution in [2.75, 3.05) is 0 Å². The van der Waals surface area contributed by atoms with Crippen LogP contribution in [0.4, 0.5) is 0 Å². The molecule has 0 aromatic heterocycles. The molecule has 3 atom stereocenters. The maximum atomic E-state index is 11.8. The van der Waals surface area contributed by atoms with E-state index in [1.165, 1.54) is 12.8 Å². The second-order valence-corrected chi connectivity index (χ2v) is 5.58. The lowest BCUT2D eigenvalue weighted by molar-refractivity contribution is -0.123. The first-order valence-electron chi connectivity index (χ1n) is 6.90. The summed E-state index contributed by atoms with van der Waals surface area (Å²) < 4.78 is 0. The van der Waals surface area contributed by atoms with Crippen LogP contribution in [-0.2, 0) is 4.79 Å². The molecule has 17 heavy (non-hydrogen) atoms. The first kappa shape index (κ1) is 12.8. The van der Waals surface area contributed by atoms with Gasteiger partial charge in [0, 0.05) is 12.5 Å². The van der Waals surface area contributed by atoms with Crippen molar-refractivity contribution in [3.8, 4) is 0 Å². The number of nitrogens with one attached hydrogen (secondary N) is 1. The van der Waals surface area contributed by atoms with Gasteiger partial charge in [0.2, 0.25) is 5.91 Å². The van der Waals surface area contributed by atoms with E-state index >= 15 is 0 Å². The zero-order chi connectivity index (χ0) is 12.3. The van der Waals surface area contributed by atoms with E-state index in [9.17, 15) is 9.90 Å². The van der Waals surface area contributed by atoms with Gasteiger partial charge in [0.1, 0.15) is 0 Å². The van der Waals surface area contributed by atoms with E-state index in [-0.39, 0.29) is 24.1 Å². The molecule has 0 aromatic carbocycles. The lowest BCUT2D eigenvalue weighted by atomic mass is 10.0. The summed E-state index contributed by atoms with van der Waals surface area (Å²) >= 11 is 0. The summed E-state index contributed by atoms with van der Waals surface area (Å²) in [5.41, 5.74) is 5.93. The van der Waals surface area contributed by atoms with Gasteiger partial charge in [-0.3, -0.25) is 4.79 Å². The average Bonchev–Trinajstić information content (AvgIpc) is 3.08. The molecule has 0 aromatic rings. The molecule has 4 N–H and O–H groups in total. The second kappa shape index (κ2) is 5.83. The first-order valence-corrected chi connectivity index (χ1v) is 6.90. The predicted molar refractivity (Wildman–Crippen MR) is 66.3 cm³/mol. The highest BCUT2D eigenvalue weighted by Crippen LogP contribution is 2.32. The largest absolute Gasteiger partial charge is 0.391 e. The Labute approximate surface area is 103 Å². The van der Waals surface area contributed by atoms with E-state index in [1.807, 2.05) is 0 Å². The minimum Gasteiger partial charge on any atom is -0.391 e. The Morgan fingerprint density at radius 1 is 1.24 bits per heavy atom. The van der Waals surface area contributed by atoms with Crippen LogP contribution in [0.1, 0.15) is 51.4 Å². The van der Waals surface area contributed by atoms with Gasteiger partial charge < -0.3 is 16.2 Å². The first-order chi connectivity index (χ1) is 8.16. The van der Waals surface area contributed by atoms with Crippen LogP contribution in [0.3, 0.4) is 0 Å². The fourth-order valence-electron chi connectivity index (χ4n) is 2.63. The van der Waals surface area contributed by atoms with Crippen molar-refractivity contribution in [1.82, 2.24) is 5.32 Å². The van der Waals surface area contributed by atoms with Gasteiger partial charge in [-0.2, -0.15) is 0 Å². The van der Waals surface area contributed by atoms with Gasteiger partial charge >= 0.3 is 0 Å². The summed E-state index contributed by atoms with van der Waals surface area (Å²) in [7, 11) is 0. The van der Waals surface area contributed by atoms with Crippen LogP contribution < -0.4 is 11.1 Å². The number of carbonyl (C=O) groups is 1. The molecule has 2 rings (SSSR count). The Hall–Kier alpha value is -0.610. The second-order valence-electron chi connectivity index (χ2n) is 5.58. The molecule has 2 aliphatic carbocycles. The molecule has 0 saturated heterocycles. The molecule has 0 spiro atoms. The molecule has 98 valence electrons. The van der Waals surface area contributed by atoms with Gasteiger partial charge in [-0.15, -0.1) is 0 Å². The summed E-state index contributed by atoms with van der Waals surface area (Å²) in [4.78, 5) is 11.8. The maximum Gasteiger partial charge on any atom is 0.221 e. The molecular weight excluding hydrogens is 216 g/mol. The summed E-state index contributed by atoms with van der Waals surface area (Å²) in [5.74, 6) is 0.565. The van der Waals surface area contributed by atoms with Crippen LogP contribution in [-0.4, -0.2) is 29.2 Å². The average molecular weight is 240 g/mol. The number of hydrogen-bond donors (Lipinski definition) is 3. The summed E-state index contributed by atoms with van der Waals surface area (Å²) in [6, 6.07) is -0.0469. The normalized spacial score (nSPS) is 31.6. The molecule has 2 saturated carbocycles. The zero-order valence-corrected chi connectivity index (χ0v) is 10.4. The standard InChI is InChI=1S/C13H24N2O2/c14-10(9-6-7-9)8-13(17)15-11-4-2-1-3-5-12(11)16/h9-12,16H,1-8,14H2,(H,15,17). The molecule has 4 heteroatoms. The quantitative estimate of drug-likeness (QED) is 0.640. The topological polar surface area (TPSA) is 75.4 Å². The molecule has 3 unspecified atom stereocenters. The minimum atomic E-state index is -0.376. The molecule has 0 aliphatic heterocycles. The predicted octanol–water partition coefficient (Wildman–Crippen LogP) is 0.924. The van der Waals surface area contributed by atoms with E-state index in [0.29, 0.717) is 12.3 Å². The van der Waals surface area contributed by atoms with Crippen molar-refractivity contribution in [3.63, 3.8) is 0 Å². The Morgan fingerprint density at radius 2 is 1.94 bits per heavy atom. The lowest BCUT2D eigenvalue weighted by Crippen LogP contribution is -2.44. The molecule has 2 fully saturated rings. The molecule has 0 heterocycles. The molecule has 4 nitrogen and oxygen atoms in total. The summed E-state index contributed by atoms with van der Waals surface area (Å²) in [5, 5.41) is 12.9. The minimum absolute atomic E-state index is 0.00958. The van der Waals surface area contributed by atoms with Gasteiger partial charge in [-0.1, -0.05) is 19.3 Å². The van der Waals surface area contributed by atoms with Gasteiger partial charge in [-0.05, 0) is 31.6 Å². The van der Waals surface area contributed by atoms with Crippen LogP contribution in [0.2, 0.25) is 0 Å². The SMILES string of the molecule is NC(CC(=O)NC1CCCCCC1O)C1CC1. The molecule has 2 aliphatic rings. The van der Waals surface area contributed by atoms with E-state index < -0.39 is 0 Å². The van der Waals surface area contributed by atoms with Crippen LogP contribution in [0.15, 0.2) is 0 Å². The highest BCUT2D eigenvalue weighted by Gasteiger charge is 2.31. The number of hydrogen-bond acceptors (Lipinski definition) is 3. The molecular formula is C13H24N2O2. The van der Waals surface area contributed by atoms with Gasteiger partial charge in [-0.25, -0.2) is 0 Å². The Balaban J connectivity index is 1.75. The smallest absolute Gasteiger partial charge is 0.221 e. The monoisotopic (exact) mass is 240 g/mol. The Morgan fingerprint density at radius 3 is 2.65 bits per heavy atom. The number of amides is 1. The van der Waals surface area contributed by atoms with Crippen molar-refractivity contribution < 1.29 is 9.90 Å². The third kappa shape index (κ3) is 3.96. The highest BCUT2D eigenvalue weighted by atomic mass is 16.3. The van der Waals surface area contributed by atoms with Crippen molar-refractivity contribution >= 4 is 5.91 Å². The lowest BCUT2D eigenvalue weighted by Gasteiger charge is -2.22. The number of carbonyl (C=O) groups excluding carboxylic acids is 1. The van der Waals surface area contributed by atoms with Crippen LogP contribution >= 0.6 is 0 Å². The Kier molecular flexibility index (Phi) is 4.40. The van der Waals surface area contributed by atoms with E-state index in [2.05, 4.69) is 5.32 Å². The van der Waals surface area contributed by atoms with E-state index in [0.717, 1.165) is 32.1 Å². The van der Waals surface area contributed by atoms with Crippen LogP contribution in [0.5, 0.6) is 0 Å². The van der Waals surface area contributed by atoms with Crippen LogP contribution in [0.25, 0.3) is 0 Å². The summed E-state index contributed by atoms with van der Waals surface area (Å²) in [6.07, 6.45) is 7.38. The van der Waals surface area contributed by atoms with Gasteiger partial charge in [0.25, 0.3) is 0 Å². The van der Waals surface area contributed by atoms with Crippen LogP contribution in [0, 0.1) is 5.92 Å². The number of aliphatic hydroxyl groups is 1. The fourth-order valence-corrected chi connectivity index (χ4v) is 2.63. The highest BCUT2D eigenvalue weighted by molar-refractivity contribution is 5.77. The Bertz CT molecular complexity index is 266. The van der Waals surface area contributed by atoms with Crippen molar-refractivity contribution in [2.45, 2.75) is 69.6 Å². The number of nitrogens with two attached hydrogens (primary N) is 1. The van der Waals surface area contributed by atoms with Crippen molar-refractivity contribution in [2.24, 2.45) is 11.7 Å². The van der Waals surface area contributed by atoms with Crippen molar-refractivity contribution in [3.05, 3.63) is 0 Å². The molecule has 0 bridgehead atoms. The third-order valence-corrected chi connectivity index (χ3v) is 3.97. The van der Waals surface area contributed by atoms with E-state index in [4.69, 9.17) is 5.73 Å². The van der Waals surface area contributed by atoms with Gasteiger partial charge in [0.05, 0.1) is 12.1 Å². The number of aliphatic hydroxyl groups excluding tert-OH is 1. The van der Waals surface area contributed by atoms with Crippen molar-refractivity contribution in [1.29, 1.82) is 0 Å². The third-order valence-electron chi connectivity index (χ3n) is 3.97. The molecule has 0 radical (unpaired) electrons.